The molecule has 1 rings (SSSR count). The van der Waals surface area contributed by atoms with Crippen LogP contribution >= 0.6 is 0 Å². The first-order valence-electron chi connectivity index (χ1n) is 5.87. The number of anilines is 1. The maximum atomic E-state index is 11.6. The second kappa shape index (κ2) is 6.88. The summed E-state index contributed by atoms with van der Waals surface area (Å²) in [6.07, 6.45) is 4.68. The van der Waals surface area contributed by atoms with E-state index in [4.69, 9.17) is 5.73 Å². The van der Waals surface area contributed by atoms with Crippen LogP contribution in [0, 0.1) is 0 Å². The van der Waals surface area contributed by atoms with Crippen LogP contribution in [0.4, 0.5) is 5.69 Å². The van der Waals surface area contributed by atoms with Crippen LogP contribution < -0.4 is 11.1 Å². The smallest absolute Gasteiger partial charge is 0.251 e. The lowest BCUT2D eigenvalue weighted by molar-refractivity contribution is 0.0953. The van der Waals surface area contributed by atoms with Gasteiger partial charge in [0.25, 0.3) is 5.91 Å². The van der Waals surface area contributed by atoms with Crippen molar-refractivity contribution in [3.63, 3.8) is 0 Å². The van der Waals surface area contributed by atoms with E-state index in [-0.39, 0.29) is 5.91 Å². The minimum absolute atomic E-state index is 0.0171. The summed E-state index contributed by atoms with van der Waals surface area (Å²) in [5, 5.41) is 2.90. The maximum Gasteiger partial charge on any atom is 0.251 e. The molecule has 88 valence electrons. The Hall–Kier alpha value is -1.51. The van der Waals surface area contributed by atoms with E-state index in [9.17, 15) is 4.79 Å². The zero-order valence-corrected chi connectivity index (χ0v) is 9.83. The normalized spacial score (nSPS) is 10.1. The number of hydrogen-bond donors (Lipinski definition) is 2. The van der Waals surface area contributed by atoms with E-state index in [1.807, 2.05) is 0 Å². The van der Waals surface area contributed by atoms with Crippen molar-refractivity contribution in [2.45, 2.75) is 32.6 Å². The fourth-order valence-electron chi connectivity index (χ4n) is 1.49. The summed E-state index contributed by atoms with van der Waals surface area (Å²) in [5.41, 5.74) is 6.90. The first kappa shape index (κ1) is 12.6. The molecule has 0 saturated heterocycles. The Morgan fingerprint density at radius 2 is 1.88 bits per heavy atom. The lowest BCUT2D eigenvalue weighted by Crippen LogP contribution is -2.24. The molecule has 1 amide bonds. The van der Waals surface area contributed by atoms with Gasteiger partial charge in [0.15, 0.2) is 0 Å². The van der Waals surface area contributed by atoms with E-state index >= 15 is 0 Å². The molecule has 0 aromatic heterocycles. The Morgan fingerprint density at radius 1 is 1.19 bits per heavy atom. The molecule has 3 heteroatoms. The van der Waals surface area contributed by atoms with Gasteiger partial charge in [-0.15, -0.1) is 0 Å². The zero-order valence-electron chi connectivity index (χ0n) is 9.83. The highest BCUT2D eigenvalue weighted by molar-refractivity contribution is 5.94. The number of nitrogens with two attached hydrogens (primary N) is 1. The number of benzene rings is 1. The molecule has 1 aromatic carbocycles. The number of nitrogens with one attached hydrogen (secondary N) is 1. The number of nitrogen functional groups attached to an aromatic ring is 1. The Labute approximate surface area is 97.0 Å². The fourth-order valence-corrected chi connectivity index (χ4v) is 1.49. The highest BCUT2D eigenvalue weighted by atomic mass is 16.1. The van der Waals surface area contributed by atoms with E-state index in [0.717, 1.165) is 13.0 Å². The average Bonchev–Trinajstić information content (AvgIpc) is 2.29. The molecular formula is C13H20N2O. The number of amides is 1. The summed E-state index contributed by atoms with van der Waals surface area (Å²) in [6, 6.07) is 6.98. The predicted octanol–water partition coefficient (Wildman–Crippen LogP) is 2.58. The highest BCUT2D eigenvalue weighted by Gasteiger charge is 2.03. The monoisotopic (exact) mass is 220 g/mol. The van der Waals surface area contributed by atoms with E-state index in [2.05, 4.69) is 12.2 Å². The average molecular weight is 220 g/mol. The first-order valence-corrected chi connectivity index (χ1v) is 5.87. The largest absolute Gasteiger partial charge is 0.399 e. The van der Waals surface area contributed by atoms with Crippen molar-refractivity contribution < 1.29 is 4.79 Å². The van der Waals surface area contributed by atoms with Gasteiger partial charge in [-0.05, 0) is 30.7 Å². The maximum absolute atomic E-state index is 11.6. The van der Waals surface area contributed by atoms with Crippen molar-refractivity contribution in [2.24, 2.45) is 0 Å². The second-order valence-corrected chi connectivity index (χ2v) is 3.94. The zero-order chi connectivity index (χ0) is 11.8. The number of rotatable bonds is 6. The van der Waals surface area contributed by atoms with Crippen molar-refractivity contribution >= 4 is 11.6 Å². The Bertz CT molecular complexity index is 319. The van der Waals surface area contributed by atoms with Gasteiger partial charge in [-0.2, -0.15) is 0 Å². The topological polar surface area (TPSA) is 55.1 Å². The summed E-state index contributed by atoms with van der Waals surface area (Å²) in [5.74, 6) is -0.0171. The number of unbranched alkanes of at least 4 members (excludes halogenated alkanes) is 3. The minimum Gasteiger partial charge on any atom is -0.399 e. The quantitative estimate of drug-likeness (QED) is 0.572. The third-order valence-electron chi connectivity index (χ3n) is 2.49. The summed E-state index contributed by atoms with van der Waals surface area (Å²) in [6.45, 7) is 2.93. The molecule has 0 radical (unpaired) electrons. The molecule has 0 unspecified atom stereocenters. The first-order chi connectivity index (χ1) is 7.74. The van der Waals surface area contributed by atoms with Crippen LogP contribution in [0.1, 0.15) is 43.0 Å². The fraction of sp³-hybridized carbons (Fsp3) is 0.462. The van der Waals surface area contributed by atoms with Crippen molar-refractivity contribution in [3.8, 4) is 0 Å². The lowest BCUT2D eigenvalue weighted by atomic mass is 10.2. The van der Waals surface area contributed by atoms with Crippen LogP contribution in [0.3, 0.4) is 0 Å². The number of hydrogen-bond acceptors (Lipinski definition) is 2. The van der Waals surface area contributed by atoms with Gasteiger partial charge in [-0.3, -0.25) is 4.79 Å². The van der Waals surface area contributed by atoms with Gasteiger partial charge in [0.05, 0.1) is 0 Å². The third-order valence-corrected chi connectivity index (χ3v) is 2.49. The molecule has 0 atom stereocenters. The third kappa shape index (κ3) is 4.34. The molecule has 1 aromatic rings. The molecule has 0 aliphatic rings. The molecule has 0 saturated carbocycles. The summed E-state index contributed by atoms with van der Waals surface area (Å²) in [7, 11) is 0. The van der Waals surface area contributed by atoms with Crippen LogP contribution in [0.15, 0.2) is 24.3 Å². The van der Waals surface area contributed by atoms with Crippen LogP contribution in [0.2, 0.25) is 0 Å². The van der Waals surface area contributed by atoms with E-state index in [1.165, 1.54) is 19.3 Å². The van der Waals surface area contributed by atoms with Gasteiger partial charge in [0, 0.05) is 17.8 Å². The summed E-state index contributed by atoms with van der Waals surface area (Å²) in [4.78, 5) is 11.6. The van der Waals surface area contributed by atoms with E-state index < -0.39 is 0 Å². The van der Waals surface area contributed by atoms with Gasteiger partial charge < -0.3 is 11.1 Å². The van der Waals surface area contributed by atoms with Gasteiger partial charge in [0.1, 0.15) is 0 Å². The standard InChI is InChI=1S/C13H20N2O/c1-2-3-4-5-10-15-13(16)11-6-8-12(14)9-7-11/h6-9H,2-5,10,14H2,1H3,(H,15,16). The molecule has 0 aliphatic heterocycles. The molecule has 0 fully saturated rings. The minimum atomic E-state index is -0.0171. The van der Waals surface area contributed by atoms with Crippen molar-refractivity contribution in [3.05, 3.63) is 29.8 Å². The van der Waals surface area contributed by atoms with Gasteiger partial charge in [0.2, 0.25) is 0 Å². The molecule has 16 heavy (non-hydrogen) atoms. The summed E-state index contributed by atoms with van der Waals surface area (Å²) >= 11 is 0. The predicted molar refractivity (Wildman–Crippen MR) is 67.3 cm³/mol. The highest BCUT2D eigenvalue weighted by Crippen LogP contribution is 2.05. The lowest BCUT2D eigenvalue weighted by Gasteiger charge is -2.05. The van der Waals surface area contributed by atoms with E-state index in [1.54, 1.807) is 24.3 Å². The molecule has 0 spiro atoms. The van der Waals surface area contributed by atoms with E-state index in [0.29, 0.717) is 11.3 Å². The van der Waals surface area contributed by atoms with Crippen LogP contribution in [-0.2, 0) is 0 Å². The van der Waals surface area contributed by atoms with Gasteiger partial charge in [-0.1, -0.05) is 26.2 Å². The molecule has 0 bridgehead atoms. The molecule has 3 N–H and O–H groups in total. The van der Waals surface area contributed by atoms with Crippen molar-refractivity contribution in [2.75, 3.05) is 12.3 Å². The second-order valence-electron chi connectivity index (χ2n) is 3.94. The van der Waals surface area contributed by atoms with Crippen molar-refractivity contribution in [1.29, 1.82) is 0 Å². The van der Waals surface area contributed by atoms with Crippen LogP contribution in [0.25, 0.3) is 0 Å². The summed E-state index contributed by atoms with van der Waals surface area (Å²) < 4.78 is 0. The van der Waals surface area contributed by atoms with Gasteiger partial charge in [-0.25, -0.2) is 0 Å². The number of carbonyl (C=O) groups excluding carboxylic acids is 1. The molecule has 0 aliphatic carbocycles. The van der Waals surface area contributed by atoms with Crippen LogP contribution in [0.5, 0.6) is 0 Å². The Morgan fingerprint density at radius 3 is 2.50 bits per heavy atom. The Kier molecular flexibility index (Phi) is 5.40. The molecule has 0 heterocycles. The number of carbonyl (C=O) groups is 1. The molecular weight excluding hydrogens is 200 g/mol. The van der Waals surface area contributed by atoms with Crippen LogP contribution in [-0.4, -0.2) is 12.5 Å². The molecule has 3 nitrogen and oxygen atoms in total. The SMILES string of the molecule is CCCCCCNC(=O)c1ccc(N)cc1. The van der Waals surface area contributed by atoms with Gasteiger partial charge >= 0.3 is 0 Å². The Balaban J connectivity index is 2.27. The van der Waals surface area contributed by atoms with Crippen molar-refractivity contribution in [1.82, 2.24) is 5.32 Å².